The van der Waals surface area contributed by atoms with E-state index in [2.05, 4.69) is 61.7 Å². The van der Waals surface area contributed by atoms with Crippen molar-refractivity contribution in [2.75, 3.05) is 0 Å². The second kappa shape index (κ2) is 3.41. The number of aryl methyl sites for hydroxylation is 1. The van der Waals surface area contributed by atoms with Crippen molar-refractivity contribution in [2.45, 2.75) is 26.8 Å². The molecule has 0 aliphatic carbocycles. The van der Waals surface area contributed by atoms with Crippen LogP contribution in [0.15, 0.2) is 36.4 Å². The second-order valence-electron chi connectivity index (χ2n) is 4.00. The highest BCUT2D eigenvalue weighted by molar-refractivity contribution is 5.75. The molecule has 0 N–H and O–H groups in total. The molecule has 2 rings (SSSR count). The lowest BCUT2D eigenvalue weighted by molar-refractivity contribution is -0.697. The third-order valence-electron chi connectivity index (χ3n) is 2.60. The minimum absolute atomic E-state index is 0.515. The van der Waals surface area contributed by atoms with Gasteiger partial charge in [-0.15, -0.1) is 0 Å². The fraction of sp³-hybridized carbons (Fsp3) is 0.308. The van der Waals surface area contributed by atoms with Crippen LogP contribution in [0.5, 0.6) is 0 Å². The molecule has 0 aliphatic heterocycles. The summed E-state index contributed by atoms with van der Waals surface area (Å²) in [4.78, 5) is 0. The number of fused-ring (bicyclic) bond motifs is 1. The lowest BCUT2D eigenvalue weighted by Crippen LogP contribution is -2.39. The summed E-state index contributed by atoms with van der Waals surface area (Å²) in [6.45, 7) is 6.60. The van der Waals surface area contributed by atoms with Crippen molar-refractivity contribution < 1.29 is 4.57 Å². The van der Waals surface area contributed by atoms with E-state index in [0.29, 0.717) is 6.04 Å². The number of rotatable bonds is 1. The van der Waals surface area contributed by atoms with Crippen LogP contribution in [-0.4, -0.2) is 0 Å². The lowest BCUT2D eigenvalue weighted by atomic mass is 10.1. The van der Waals surface area contributed by atoms with Gasteiger partial charge in [-0.25, -0.2) is 0 Å². The van der Waals surface area contributed by atoms with Crippen molar-refractivity contribution in [1.29, 1.82) is 0 Å². The van der Waals surface area contributed by atoms with Gasteiger partial charge in [0.2, 0.25) is 5.52 Å². The van der Waals surface area contributed by atoms with E-state index in [4.69, 9.17) is 0 Å². The van der Waals surface area contributed by atoms with Gasteiger partial charge in [-0.2, -0.15) is 4.57 Å². The summed E-state index contributed by atoms with van der Waals surface area (Å²) >= 11 is 0. The van der Waals surface area contributed by atoms with Gasteiger partial charge in [-0.1, -0.05) is 12.1 Å². The molecule has 0 fully saturated rings. The highest BCUT2D eigenvalue weighted by Gasteiger charge is 2.14. The van der Waals surface area contributed by atoms with Gasteiger partial charge in [0, 0.05) is 24.4 Å². The molecule has 0 radical (unpaired) electrons. The first-order valence-corrected chi connectivity index (χ1v) is 5.10. The van der Waals surface area contributed by atoms with E-state index in [1.165, 1.54) is 16.6 Å². The number of hydrogen-bond acceptors (Lipinski definition) is 0. The van der Waals surface area contributed by atoms with E-state index in [1.807, 2.05) is 0 Å². The molecular formula is C13H16N+. The van der Waals surface area contributed by atoms with Crippen LogP contribution in [0.1, 0.15) is 25.6 Å². The molecule has 1 nitrogen and oxygen atoms in total. The molecular weight excluding hydrogens is 170 g/mol. The number of pyridine rings is 1. The predicted molar refractivity (Wildman–Crippen MR) is 59.3 cm³/mol. The summed E-state index contributed by atoms with van der Waals surface area (Å²) < 4.78 is 2.37. The quantitative estimate of drug-likeness (QED) is 0.603. The number of para-hydroxylation sites is 1. The van der Waals surface area contributed by atoms with E-state index in [1.54, 1.807) is 0 Å². The molecule has 0 amide bonds. The topological polar surface area (TPSA) is 3.88 Å². The second-order valence-corrected chi connectivity index (χ2v) is 4.00. The highest BCUT2D eigenvalue weighted by atomic mass is 15.0. The van der Waals surface area contributed by atoms with E-state index in [-0.39, 0.29) is 0 Å². The summed E-state index contributed by atoms with van der Waals surface area (Å²) in [6.07, 6.45) is 0. The molecule has 0 aliphatic rings. The van der Waals surface area contributed by atoms with Crippen molar-refractivity contribution in [1.82, 2.24) is 0 Å². The summed E-state index contributed by atoms with van der Waals surface area (Å²) in [7, 11) is 0. The Balaban J connectivity index is 2.83. The molecule has 0 saturated heterocycles. The first-order chi connectivity index (χ1) is 6.70. The van der Waals surface area contributed by atoms with Crippen molar-refractivity contribution in [2.24, 2.45) is 0 Å². The van der Waals surface area contributed by atoms with Gasteiger partial charge in [0.1, 0.15) is 0 Å². The average molecular weight is 186 g/mol. The summed E-state index contributed by atoms with van der Waals surface area (Å²) in [5.41, 5.74) is 2.64. The van der Waals surface area contributed by atoms with Gasteiger partial charge >= 0.3 is 0 Å². The zero-order valence-corrected chi connectivity index (χ0v) is 8.99. The van der Waals surface area contributed by atoms with Crippen LogP contribution in [0.2, 0.25) is 0 Å². The summed E-state index contributed by atoms with van der Waals surface area (Å²) in [6, 6.07) is 13.4. The Morgan fingerprint density at radius 2 is 1.71 bits per heavy atom. The van der Waals surface area contributed by atoms with Crippen LogP contribution in [0.3, 0.4) is 0 Å². The normalized spacial score (nSPS) is 11.1. The number of nitrogens with zero attached hydrogens (tertiary/aromatic N) is 1. The largest absolute Gasteiger partial charge is 0.212 e. The maximum atomic E-state index is 2.37. The summed E-state index contributed by atoms with van der Waals surface area (Å²) in [5.74, 6) is 0. The maximum Gasteiger partial charge on any atom is 0.212 e. The zero-order valence-electron chi connectivity index (χ0n) is 8.99. The van der Waals surface area contributed by atoms with Gasteiger partial charge in [-0.3, -0.25) is 0 Å². The molecule has 0 saturated carbocycles. The standard InChI is InChI=1S/C13H16N/c1-10(2)14-11(3)8-9-12-6-4-5-7-13(12)14/h4-10H,1-3H3/q+1. The van der Waals surface area contributed by atoms with Gasteiger partial charge < -0.3 is 0 Å². The number of hydrogen-bond donors (Lipinski definition) is 0. The van der Waals surface area contributed by atoms with Gasteiger partial charge in [-0.05, 0) is 26.0 Å². The molecule has 0 bridgehead atoms. The maximum absolute atomic E-state index is 2.37. The van der Waals surface area contributed by atoms with Crippen molar-refractivity contribution in [3.8, 4) is 0 Å². The fourth-order valence-corrected chi connectivity index (χ4v) is 2.01. The number of benzene rings is 1. The highest BCUT2D eigenvalue weighted by Crippen LogP contribution is 2.12. The number of aromatic nitrogens is 1. The first kappa shape index (κ1) is 9.20. The van der Waals surface area contributed by atoms with Gasteiger partial charge in [0.05, 0.1) is 0 Å². The molecule has 1 heteroatoms. The monoisotopic (exact) mass is 186 g/mol. The molecule has 0 unspecified atom stereocenters. The SMILES string of the molecule is Cc1ccc2ccccc2[n+]1C(C)C. The molecule has 72 valence electrons. The van der Waals surface area contributed by atoms with Crippen LogP contribution in [-0.2, 0) is 0 Å². The Labute approximate surface area is 85.0 Å². The van der Waals surface area contributed by atoms with Crippen LogP contribution >= 0.6 is 0 Å². The zero-order chi connectivity index (χ0) is 10.1. The van der Waals surface area contributed by atoms with E-state index < -0.39 is 0 Å². The molecule has 1 aromatic carbocycles. The van der Waals surface area contributed by atoms with Crippen LogP contribution in [0.25, 0.3) is 10.9 Å². The molecule has 2 aromatic rings. The van der Waals surface area contributed by atoms with Gasteiger partial charge in [0.15, 0.2) is 11.7 Å². The van der Waals surface area contributed by atoms with Crippen LogP contribution in [0, 0.1) is 6.92 Å². The molecule has 1 heterocycles. The Morgan fingerprint density at radius 3 is 2.43 bits per heavy atom. The fourth-order valence-electron chi connectivity index (χ4n) is 2.01. The smallest absolute Gasteiger partial charge is 0.194 e. The van der Waals surface area contributed by atoms with E-state index in [0.717, 1.165) is 0 Å². The lowest BCUT2D eigenvalue weighted by Gasteiger charge is -2.07. The molecule has 0 atom stereocenters. The third kappa shape index (κ3) is 1.39. The van der Waals surface area contributed by atoms with Gasteiger partial charge in [0.25, 0.3) is 0 Å². The molecule has 1 aromatic heterocycles. The Hall–Kier alpha value is -1.37. The molecule has 14 heavy (non-hydrogen) atoms. The minimum atomic E-state index is 0.515. The average Bonchev–Trinajstić information content (AvgIpc) is 2.17. The Bertz CT molecular complexity index is 458. The van der Waals surface area contributed by atoms with Crippen molar-refractivity contribution in [3.05, 3.63) is 42.1 Å². The minimum Gasteiger partial charge on any atom is -0.194 e. The Morgan fingerprint density at radius 1 is 1.00 bits per heavy atom. The molecule has 0 spiro atoms. The van der Waals surface area contributed by atoms with Crippen LogP contribution < -0.4 is 4.57 Å². The van der Waals surface area contributed by atoms with Crippen molar-refractivity contribution >= 4 is 10.9 Å². The summed E-state index contributed by atoms with van der Waals surface area (Å²) in [5, 5.41) is 1.31. The van der Waals surface area contributed by atoms with Crippen molar-refractivity contribution in [3.63, 3.8) is 0 Å². The van der Waals surface area contributed by atoms with Crippen LogP contribution in [0.4, 0.5) is 0 Å². The third-order valence-corrected chi connectivity index (χ3v) is 2.60. The predicted octanol–water partition coefficient (Wildman–Crippen LogP) is 3.02. The Kier molecular flexibility index (Phi) is 2.24. The van der Waals surface area contributed by atoms with E-state index >= 15 is 0 Å². The van der Waals surface area contributed by atoms with E-state index in [9.17, 15) is 0 Å². The first-order valence-electron chi connectivity index (χ1n) is 5.10.